The van der Waals surface area contributed by atoms with E-state index < -0.39 is 37.7 Å². The first-order valence-electron chi connectivity index (χ1n) is 5.60. The molecule has 0 spiro atoms. The van der Waals surface area contributed by atoms with Crippen LogP contribution in [0.15, 0.2) is 23.1 Å². The average Bonchev–Trinajstić information content (AvgIpc) is 2.36. The molecule has 0 amide bonds. The van der Waals surface area contributed by atoms with Gasteiger partial charge in [-0.2, -0.15) is 0 Å². The summed E-state index contributed by atoms with van der Waals surface area (Å²) in [6.07, 6.45) is 0. The summed E-state index contributed by atoms with van der Waals surface area (Å²) in [5, 5.41) is 20.1. The van der Waals surface area contributed by atoms with Crippen LogP contribution in [0.2, 0.25) is 0 Å². The topological polar surface area (TPSA) is 119 Å². The zero-order chi connectivity index (χ0) is 15.6. The molecule has 112 valence electrons. The molecule has 8 nitrogen and oxygen atoms in total. The van der Waals surface area contributed by atoms with Gasteiger partial charge in [0.1, 0.15) is 5.75 Å². The lowest BCUT2D eigenvalue weighted by Gasteiger charge is -2.23. The standard InChI is InChI=1S/C11H16N2O6S/c1-11(2,7-14)12-20(17,18)10-5-4-8(19-3)6-9(10)13(15)16/h4-6,12,14H,7H2,1-3H3. The van der Waals surface area contributed by atoms with Gasteiger partial charge in [0.05, 0.1) is 30.2 Å². The molecule has 20 heavy (non-hydrogen) atoms. The summed E-state index contributed by atoms with van der Waals surface area (Å²) in [5.74, 6) is 0.178. The first-order valence-corrected chi connectivity index (χ1v) is 7.08. The molecule has 2 N–H and O–H groups in total. The molecule has 0 fully saturated rings. The first-order chi connectivity index (χ1) is 9.13. The number of hydrogen-bond acceptors (Lipinski definition) is 6. The van der Waals surface area contributed by atoms with Gasteiger partial charge < -0.3 is 9.84 Å². The minimum absolute atomic E-state index is 0.178. The number of nitro groups is 1. The SMILES string of the molecule is COc1ccc(S(=O)(=O)NC(C)(C)CO)c([N+](=O)[O-])c1. The van der Waals surface area contributed by atoms with E-state index in [1.807, 2.05) is 0 Å². The van der Waals surface area contributed by atoms with Crippen LogP contribution >= 0.6 is 0 Å². The molecule has 0 atom stereocenters. The molecule has 1 rings (SSSR count). The molecule has 1 aromatic carbocycles. The van der Waals surface area contributed by atoms with Crippen molar-refractivity contribution >= 4 is 15.7 Å². The van der Waals surface area contributed by atoms with Gasteiger partial charge in [-0.3, -0.25) is 10.1 Å². The summed E-state index contributed by atoms with van der Waals surface area (Å²) in [6.45, 7) is 2.47. The Bertz CT molecular complexity index is 611. The molecule has 0 heterocycles. The van der Waals surface area contributed by atoms with Gasteiger partial charge in [0.2, 0.25) is 10.0 Å². The highest BCUT2D eigenvalue weighted by molar-refractivity contribution is 7.89. The van der Waals surface area contributed by atoms with Crippen molar-refractivity contribution in [1.82, 2.24) is 4.72 Å². The van der Waals surface area contributed by atoms with E-state index in [9.17, 15) is 18.5 Å². The number of nitrogens with zero attached hydrogens (tertiary/aromatic N) is 1. The molecular weight excluding hydrogens is 288 g/mol. The number of nitrogens with one attached hydrogen (secondary N) is 1. The number of hydrogen-bond donors (Lipinski definition) is 2. The number of aliphatic hydroxyl groups is 1. The number of ether oxygens (including phenoxy) is 1. The number of nitro benzene ring substituents is 1. The smallest absolute Gasteiger partial charge is 0.293 e. The Hall–Kier alpha value is -1.71. The Kier molecular flexibility index (Phi) is 4.69. The van der Waals surface area contributed by atoms with E-state index in [0.717, 1.165) is 12.1 Å². The maximum Gasteiger partial charge on any atom is 0.293 e. The third-order valence-electron chi connectivity index (χ3n) is 2.46. The second-order valence-corrected chi connectivity index (χ2v) is 6.39. The van der Waals surface area contributed by atoms with Crippen molar-refractivity contribution in [2.24, 2.45) is 0 Å². The zero-order valence-corrected chi connectivity index (χ0v) is 12.1. The largest absolute Gasteiger partial charge is 0.497 e. The van der Waals surface area contributed by atoms with E-state index in [-0.39, 0.29) is 5.75 Å². The van der Waals surface area contributed by atoms with E-state index >= 15 is 0 Å². The van der Waals surface area contributed by atoms with Gasteiger partial charge in [-0.15, -0.1) is 0 Å². The van der Waals surface area contributed by atoms with Crippen molar-refractivity contribution in [1.29, 1.82) is 0 Å². The van der Waals surface area contributed by atoms with Crippen LogP contribution in [0, 0.1) is 10.1 Å². The van der Waals surface area contributed by atoms with Crippen LogP contribution < -0.4 is 9.46 Å². The van der Waals surface area contributed by atoms with Crippen molar-refractivity contribution < 1.29 is 23.2 Å². The Morgan fingerprint density at radius 3 is 2.50 bits per heavy atom. The van der Waals surface area contributed by atoms with Gasteiger partial charge in [0.15, 0.2) is 4.90 Å². The lowest BCUT2D eigenvalue weighted by atomic mass is 10.1. The van der Waals surface area contributed by atoms with E-state index in [4.69, 9.17) is 9.84 Å². The van der Waals surface area contributed by atoms with Crippen molar-refractivity contribution in [3.8, 4) is 5.75 Å². The van der Waals surface area contributed by atoms with E-state index in [2.05, 4.69) is 4.72 Å². The minimum Gasteiger partial charge on any atom is -0.497 e. The number of benzene rings is 1. The van der Waals surface area contributed by atoms with E-state index in [0.29, 0.717) is 0 Å². The van der Waals surface area contributed by atoms with Gasteiger partial charge in [0, 0.05) is 0 Å². The number of rotatable bonds is 6. The van der Waals surface area contributed by atoms with Crippen LogP contribution in [0.5, 0.6) is 5.75 Å². The maximum atomic E-state index is 12.2. The van der Waals surface area contributed by atoms with Crippen molar-refractivity contribution in [2.75, 3.05) is 13.7 Å². The van der Waals surface area contributed by atoms with E-state index in [1.54, 1.807) is 0 Å². The fourth-order valence-electron chi connectivity index (χ4n) is 1.45. The molecule has 0 unspecified atom stereocenters. The van der Waals surface area contributed by atoms with Crippen molar-refractivity contribution in [3.63, 3.8) is 0 Å². The molecule has 1 aromatic rings. The lowest BCUT2D eigenvalue weighted by molar-refractivity contribution is -0.387. The van der Waals surface area contributed by atoms with Crippen LogP contribution in [0.1, 0.15) is 13.8 Å². The minimum atomic E-state index is -4.14. The summed E-state index contributed by atoms with van der Waals surface area (Å²) in [6, 6.07) is 3.43. The molecule has 0 bridgehead atoms. The number of aliphatic hydroxyl groups excluding tert-OH is 1. The maximum absolute atomic E-state index is 12.2. The monoisotopic (exact) mass is 304 g/mol. The summed E-state index contributed by atoms with van der Waals surface area (Å²) >= 11 is 0. The van der Waals surface area contributed by atoms with Crippen LogP contribution in [-0.2, 0) is 10.0 Å². The third kappa shape index (κ3) is 3.65. The van der Waals surface area contributed by atoms with Gasteiger partial charge in [-0.1, -0.05) is 0 Å². The van der Waals surface area contributed by atoms with Gasteiger partial charge in [0.25, 0.3) is 5.69 Å². The Morgan fingerprint density at radius 2 is 2.05 bits per heavy atom. The van der Waals surface area contributed by atoms with Crippen molar-refractivity contribution in [3.05, 3.63) is 28.3 Å². The lowest BCUT2D eigenvalue weighted by Crippen LogP contribution is -2.46. The second kappa shape index (κ2) is 5.73. The quantitative estimate of drug-likeness (QED) is 0.588. The predicted molar refractivity (Wildman–Crippen MR) is 71.1 cm³/mol. The van der Waals surface area contributed by atoms with Crippen LogP contribution in [0.4, 0.5) is 5.69 Å². The first kappa shape index (κ1) is 16.3. The fourth-order valence-corrected chi connectivity index (χ4v) is 3.00. The average molecular weight is 304 g/mol. The fraction of sp³-hybridized carbons (Fsp3) is 0.455. The van der Waals surface area contributed by atoms with Gasteiger partial charge in [-0.25, -0.2) is 13.1 Å². The molecule has 0 aromatic heterocycles. The Labute approximate surface area is 116 Å². The normalized spacial score (nSPS) is 12.2. The highest BCUT2D eigenvalue weighted by atomic mass is 32.2. The summed E-state index contributed by atoms with van der Waals surface area (Å²) in [5.41, 5.74) is -1.72. The highest BCUT2D eigenvalue weighted by Crippen LogP contribution is 2.28. The van der Waals surface area contributed by atoms with Crippen LogP contribution in [-0.4, -0.2) is 37.7 Å². The molecule has 0 radical (unpaired) electrons. The highest BCUT2D eigenvalue weighted by Gasteiger charge is 2.31. The molecule has 0 aliphatic carbocycles. The van der Waals surface area contributed by atoms with Crippen LogP contribution in [0.25, 0.3) is 0 Å². The predicted octanol–water partition coefficient (Wildman–Crippen LogP) is 0.653. The van der Waals surface area contributed by atoms with Crippen molar-refractivity contribution in [2.45, 2.75) is 24.3 Å². The summed E-state index contributed by atoms with van der Waals surface area (Å²) in [7, 11) is -2.82. The molecule has 0 saturated heterocycles. The molecule has 0 aliphatic rings. The molecule has 0 saturated carbocycles. The molecular formula is C11H16N2O6S. The van der Waals surface area contributed by atoms with Gasteiger partial charge >= 0.3 is 0 Å². The third-order valence-corrected chi connectivity index (χ3v) is 4.20. The summed E-state index contributed by atoms with van der Waals surface area (Å²) < 4.78 is 31.4. The second-order valence-electron chi connectivity index (χ2n) is 4.74. The number of sulfonamides is 1. The zero-order valence-electron chi connectivity index (χ0n) is 11.3. The Morgan fingerprint density at radius 1 is 1.45 bits per heavy atom. The van der Waals surface area contributed by atoms with Crippen LogP contribution in [0.3, 0.4) is 0 Å². The summed E-state index contributed by atoms with van der Waals surface area (Å²) in [4.78, 5) is 9.70. The molecule has 0 aliphatic heterocycles. The Balaban J connectivity index is 3.35. The molecule has 9 heteroatoms. The van der Waals surface area contributed by atoms with E-state index in [1.165, 1.54) is 27.0 Å². The number of methoxy groups -OCH3 is 1. The van der Waals surface area contributed by atoms with Gasteiger partial charge in [-0.05, 0) is 26.0 Å².